The number of aliphatic carboxylic acids is 1. The number of carboxylic acid groups (broad SMARTS) is 1. The molecule has 1 N–H and O–H groups in total. The molecule has 17 heavy (non-hydrogen) atoms. The Balaban J connectivity index is 2.75. The Morgan fingerprint density at radius 2 is 1.94 bits per heavy atom. The van der Waals surface area contributed by atoms with Crippen molar-refractivity contribution in [2.45, 2.75) is 19.8 Å². The lowest BCUT2D eigenvalue weighted by Crippen LogP contribution is -2.11. The third-order valence-electron chi connectivity index (χ3n) is 2.04. The summed E-state index contributed by atoms with van der Waals surface area (Å²) in [4.78, 5) is 22.4. The summed E-state index contributed by atoms with van der Waals surface area (Å²) in [5.74, 6) is -2.21. The molecule has 1 aromatic carbocycles. The molecule has 0 radical (unpaired) electrons. The van der Waals surface area contributed by atoms with Crippen molar-refractivity contribution in [1.82, 2.24) is 0 Å². The molecule has 0 heterocycles. The van der Waals surface area contributed by atoms with Gasteiger partial charge in [-0.05, 0) is 24.6 Å². The fourth-order valence-corrected chi connectivity index (χ4v) is 1.18. The molecule has 0 aliphatic heterocycles. The summed E-state index contributed by atoms with van der Waals surface area (Å²) in [6, 6.07) is 8.28. The number of benzene rings is 1. The van der Waals surface area contributed by atoms with Crippen LogP contribution in [0, 0.1) is 0 Å². The van der Waals surface area contributed by atoms with E-state index in [9.17, 15) is 9.59 Å². The van der Waals surface area contributed by atoms with Gasteiger partial charge in [0.2, 0.25) is 5.76 Å². The number of rotatable bonds is 5. The minimum absolute atomic E-state index is 0.319. The minimum atomic E-state index is -1.23. The number of esters is 1. The van der Waals surface area contributed by atoms with Gasteiger partial charge in [-0.2, -0.15) is 0 Å². The van der Waals surface area contributed by atoms with Crippen molar-refractivity contribution in [3.63, 3.8) is 0 Å². The van der Waals surface area contributed by atoms with E-state index in [1.54, 1.807) is 30.3 Å². The van der Waals surface area contributed by atoms with Gasteiger partial charge in [0.15, 0.2) is 0 Å². The smallest absolute Gasteiger partial charge is 0.371 e. The van der Waals surface area contributed by atoms with E-state index < -0.39 is 11.9 Å². The van der Waals surface area contributed by atoms with Crippen molar-refractivity contribution in [3.8, 4) is 0 Å². The maximum atomic E-state index is 11.6. The maximum absolute atomic E-state index is 11.6. The van der Waals surface area contributed by atoms with E-state index in [2.05, 4.69) is 0 Å². The molecule has 4 heteroatoms. The molecule has 0 spiro atoms. The Hall–Kier alpha value is -2.10. The van der Waals surface area contributed by atoms with Crippen molar-refractivity contribution in [3.05, 3.63) is 47.7 Å². The van der Waals surface area contributed by atoms with Gasteiger partial charge in [-0.25, -0.2) is 9.59 Å². The number of carboxylic acids is 1. The zero-order valence-electron chi connectivity index (χ0n) is 9.55. The molecule has 0 saturated heterocycles. The number of ether oxygens (including phenoxy) is 1. The molecule has 0 aliphatic rings. The Morgan fingerprint density at radius 3 is 2.47 bits per heavy atom. The van der Waals surface area contributed by atoms with Crippen LogP contribution in [0.4, 0.5) is 0 Å². The highest BCUT2D eigenvalue weighted by Crippen LogP contribution is 2.08. The molecular weight excluding hydrogens is 220 g/mol. The van der Waals surface area contributed by atoms with E-state index in [1.807, 2.05) is 6.92 Å². The number of unbranched alkanes of at least 4 members (excludes halogenated alkanes) is 1. The van der Waals surface area contributed by atoms with Crippen molar-refractivity contribution < 1.29 is 19.4 Å². The quantitative estimate of drug-likeness (QED) is 0.483. The molecule has 0 amide bonds. The minimum Gasteiger partial charge on any atom is -0.475 e. The molecule has 0 unspecified atom stereocenters. The van der Waals surface area contributed by atoms with E-state index >= 15 is 0 Å². The monoisotopic (exact) mass is 234 g/mol. The Bertz CT molecular complexity index is 420. The lowest BCUT2D eigenvalue weighted by atomic mass is 10.2. The standard InChI is InChI=1S/C13H14O4/c1-2-3-9-11(12(14)15)17-13(16)10-7-5-4-6-8-10/h4-9H,2-3H2,1H3,(H,14,15)/b11-9+. The second-order valence-electron chi connectivity index (χ2n) is 3.42. The van der Waals surface area contributed by atoms with E-state index in [0.717, 1.165) is 6.42 Å². The van der Waals surface area contributed by atoms with E-state index in [-0.39, 0.29) is 5.76 Å². The summed E-state index contributed by atoms with van der Waals surface area (Å²) in [5, 5.41) is 8.85. The van der Waals surface area contributed by atoms with Crippen LogP contribution in [0.3, 0.4) is 0 Å². The van der Waals surface area contributed by atoms with Gasteiger partial charge in [-0.15, -0.1) is 0 Å². The lowest BCUT2D eigenvalue weighted by Gasteiger charge is -2.04. The first-order valence-electron chi connectivity index (χ1n) is 5.35. The second kappa shape index (κ2) is 6.48. The zero-order valence-corrected chi connectivity index (χ0v) is 9.55. The van der Waals surface area contributed by atoms with E-state index in [1.165, 1.54) is 6.08 Å². The van der Waals surface area contributed by atoms with Crippen molar-refractivity contribution in [1.29, 1.82) is 0 Å². The molecular formula is C13H14O4. The van der Waals surface area contributed by atoms with Crippen molar-refractivity contribution in [2.75, 3.05) is 0 Å². The van der Waals surface area contributed by atoms with Crippen LogP contribution in [0.2, 0.25) is 0 Å². The van der Waals surface area contributed by atoms with Crippen LogP contribution in [-0.2, 0) is 9.53 Å². The molecule has 0 atom stereocenters. The number of carbonyl (C=O) groups is 2. The van der Waals surface area contributed by atoms with Crippen LogP contribution in [0.5, 0.6) is 0 Å². The van der Waals surface area contributed by atoms with Crippen molar-refractivity contribution >= 4 is 11.9 Å². The molecule has 0 aliphatic carbocycles. The topological polar surface area (TPSA) is 63.6 Å². The Labute approximate surface area is 99.5 Å². The van der Waals surface area contributed by atoms with Crippen LogP contribution in [0.15, 0.2) is 42.2 Å². The third-order valence-corrected chi connectivity index (χ3v) is 2.04. The van der Waals surface area contributed by atoms with Gasteiger partial charge < -0.3 is 9.84 Å². The van der Waals surface area contributed by atoms with E-state index in [4.69, 9.17) is 9.84 Å². The molecule has 90 valence electrons. The maximum Gasteiger partial charge on any atom is 0.371 e. The van der Waals surface area contributed by atoms with Gasteiger partial charge in [-0.1, -0.05) is 31.5 Å². The summed E-state index contributed by atoms with van der Waals surface area (Å²) in [5.41, 5.74) is 0.330. The molecule has 0 aromatic heterocycles. The number of hydrogen-bond donors (Lipinski definition) is 1. The average molecular weight is 234 g/mol. The first-order valence-corrected chi connectivity index (χ1v) is 5.35. The summed E-state index contributed by atoms with van der Waals surface area (Å²) < 4.78 is 4.82. The highest BCUT2D eigenvalue weighted by atomic mass is 16.6. The van der Waals surface area contributed by atoms with Crippen LogP contribution < -0.4 is 0 Å². The molecule has 1 rings (SSSR count). The van der Waals surface area contributed by atoms with Gasteiger partial charge >= 0.3 is 11.9 Å². The highest BCUT2D eigenvalue weighted by Gasteiger charge is 2.14. The van der Waals surface area contributed by atoms with Crippen LogP contribution in [0.25, 0.3) is 0 Å². The number of carbonyl (C=O) groups excluding carboxylic acids is 1. The Kier molecular flexibility index (Phi) is 4.94. The Morgan fingerprint density at radius 1 is 1.29 bits per heavy atom. The molecule has 1 aromatic rings. The van der Waals surface area contributed by atoms with Gasteiger partial charge in [0.05, 0.1) is 5.56 Å². The summed E-state index contributed by atoms with van der Waals surface area (Å²) in [7, 11) is 0. The molecule has 4 nitrogen and oxygen atoms in total. The van der Waals surface area contributed by atoms with Crippen LogP contribution in [0.1, 0.15) is 30.1 Å². The summed E-state index contributed by atoms with van der Waals surface area (Å²) in [6.45, 7) is 1.91. The predicted molar refractivity (Wildman–Crippen MR) is 62.5 cm³/mol. The SMILES string of the molecule is CCC/C=C(/OC(=O)c1ccccc1)C(=O)O. The predicted octanol–water partition coefficient (Wildman–Crippen LogP) is 2.61. The normalized spacial score (nSPS) is 11.0. The summed E-state index contributed by atoms with van der Waals surface area (Å²) in [6.07, 6.45) is 2.76. The molecule has 0 fully saturated rings. The molecule has 0 bridgehead atoms. The zero-order chi connectivity index (χ0) is 12.7. The number of allylic oxidation sites excluding steroid dienone is 1. The number of hydrogen-bond acceptors (Lipinski definition) is 3. The van der Waals surface area contributed by atoms with E-state index in [0.29, 0.717) is 12.0 Å². The van der Waals surface area contributed by atoms with Crippen molar-refractivity contribution in [2.24, 2.45) is 0 Å². The van der Waals surface area contributed by atoms with Gasteiger partial charge in [0.1, 0.15) is 0 Å². The highest BCUT2D eigenvalue weighted by molar-refractivity contribution is 5.94. The fraction of sp³-hybridized carbons (Fsp3) is 0.231. The first kappa shape index (κ1) is 13.0. The second-order valence-corrected chi connectivity index (χ2v) is 3.42. The third kappa shape index (κ3) is 4.10. The van der Waals surface area contributed by atoms with Crippen LogP contribution in [-0.4, -0.2) is 17.0 Å². The fourth-order valence-electron chi connectivity index (χ4n) is 1.18. The van der Waals surface area contributed by atoms with Gasteiger partial charge in [-0.3, -0.25) is 0 Å². The largest absolute Gasteiger partial charge is 0.475 e. The first-order chi connectivity index (χ1) is 8.15. The molecule has 0 saturated carbocycles. The van der Waals surface area contributed by atoms with Crippen LogP contribution >= 0.6 is 0 Å². The average Bonchev–Trinajstić information content (AvgIpc) is 2.35. The van der Waals surface area contributed by atoms with Gasteiger partial charge in [0, 0.05) is 0 Å². The van der Waals surface area contributed by atoms with Gasteiger partial charge in [0.25, 0.3) is 0 Å². The lowest BCUT2D eigenvalue weighted by molar-refractivity contribution is -0.135. The summed E-state index contributed by atoms with van der Waals surface area (Å²) >= 11 is 0.